The Balaban J connectivity index is 2.56. The van der Waals surface area contributed by atoms with E-state index in [1.807, 2.05) is 6.07 Å². The van der Waals surface area contributed by atoms with Crippen molar-refractivity contribution < 1.29 is 29.7 Å². The van der Waals surface area contributed by atoms with Crippen LogP contribution in [0, 0.1) is 0 Å². The van der Waals surface area contributed by atoms with Crippen LogP contribution >= 0.6 is 0 Å². The molecule has 0 fully saturated rings. The van der Waals surface area contributed by atoms with Crippen LogP contribution in [0.5, 0.6) is 0 Å². The average molecular weight is 350 g/mol. The molecule has 1 rings (SSSR count). The topological polar surface area (TPSA) is 112 Å². The van der Waals surface area contributed by atoms with Crippen LogP contribution in [-0.4, -0.2) is 33.2 Å². The second-order valence-electron chi connectivity index (χ2n) is 6.16. The minimum Gasteiger partial charge on any atom is -0.481 e. The Morgan fingerprint density at radius 2 is 1.32 bits per heavy atom. The summed E-state index contributed by atoms with van der Waals surface area (Å²) in [4.78, 5) is 32.5. The van der Waals surface area contributed by atoms with Gasteiger partial charge in [0.2, 0.25) is 0 Å². The fourth-order valence-corrected chi connectivity index (χ4v) is 2.90. The molecule has 0 aliphatic heterocycles. The second-order valence-corrected chi connectivity index (χ2v) is 6.16. The number of aliphatic carboxylic acids is 2. The van der Waals surface area contributed by atoms with E-state index in [9.17, 15) is 19.5 Å². The van der Waals surface area contributed by atoms with Gasteiger partial charge in [0, 0.05) is 12.8 Å². The number of unbranched alkanes of at least 4 members (excludes halogenated alkanes) is 4. The molecule has 0 radical (unpaired) electrons. The summed E-state index contributed by atoms with van der Waals surface area (Å²) in [5, 5.41) is 26.7. The van der Waals surface area contributed by atoms with Gasteiger partial charge in [-0.15, -0.1) is 0 Å². The number of hydrogen-bond acceptors (Lipinski definition) is 3. The highest BCUT2D eigenvalue weighted by Gasteiger charge is 2.14. The van der Waals surface area contributed by atoms with E-state index in [1.54, 1.807) is 12.1 Å². The van der Waals surface area contributed by atoms with Crippen molar-refractivity contribution in [3.63, 3.8) is 0 Å². The summed E-state index contributed by atoms with van der Waals surface area (Å²) in [5.74, 6) is -2.63. The standard InChI is InChI=1S/C19H26O6/c20-17(21)12-5-3-1-2-4-8-14-9-6-11-16(19(24)25)15(14)10-7-13-18(22)23/h6,9,11H,1-5,7-8,10,12-13H2,(H,20,21)(H,22,23)(H,24,25). The molecule has 1 aromatic carbocycles. The van der Waals surface area contributed by atoms with Gasteiger partial charge in [0.25, 0.3) is 0 Å². The molecule has 0 unspecified atom stereocenters. The summed E-state index contributed by atoms with van der Waals surface area (Å²) in [7, 11) is 0. The maximum atomic E-state index is 11.4. The highest BCUT2D eigenvalue weighted by molar-refractivity contribution is 5.89. The van der Waals surface area contributed by atoms with Crippen molar-refractivity contribution in [1.29, 1.82) is 0 Å². The normalized spacial score (nSPS) is 10.6. The van der Waals surface area contributed by atoms with E-state index in [1.165, 1.54) is 0 Å². The van der Waals surface area contributed by atoms with Crippen molar-refractivity contribution in [1.82, 2.24) is 0 Å². The van der Waals surface area contributed by atoms with Crippen molar-refractivity contribution in [3.8, 4) is 0 Å². The highest BCUT2D eigenvalue weighted by atomic mass is 16.4. The zero-order valence-electron chi connectivity index (χ0n) is 14.4. The third kappa shape index (κ3) is 8.33. The molecule has 3 N–H and O–H groups in total. The minimum absolute atomic E-state index is 0.0248. The Morgan fingerprint density at radius 1 is 0.720 bits per heavy atom. The summed E-state index contributed by atoms with van der Waals surface area (Å²) < 4.78 is 0. The number of hydrogen-bond donors (Lipinski definition) is 3. The van der Waals surface area contributed by atoms with E-state index in [-0.39, 0.29) is 18.4 Å². The van der Waals surface area contributed by atoms with Crippen LogP contribution in [0.1, 0.15) is 72.9 Å². The molecule has 1 aromatic rings. The molecule has 0 aliphatic rings. The van der Waals surface area contributed by atoms with Gasteiger partial charge in [0.15, 0.2) is 0 Å². The van der Waals surface area contributed by atoms with Crippen LogP contribution in [0.25, 0.3) is 0 Å². The van der Waals surface area contributed by atoms with Gasteiger partial charge in [-0.3, -0.25) is 9.59 Å². The monoisotopic (exact) mass is 350 g/mol. The third-order valence-electron chi connectivity index (χ3n) is 4.16. The zero-order chi connectivity index (χ0) is 18.7. The second kappa shape index (κ2) is 11.2. The van der Waals surface area contributed by atoms with E-state index in [0.717, 1.165) is 43.2 Å². The van der Waals surface area contributed by atoms with E-state index in [4.69, 9.17) is 10.2 Å². The molecule has 25 heavy (non-hydrogen) atoms. The van der Waals surface area contributed by atoms with Gasteiger partial charge < -0.3 is 15.3 Å². The Bertz CT molecular complexity index is 594. The lowest BCUT2D eigenvalue weighted by atomic mass is 9.93. The fourth-order valence-electron chi connectivity index (χ4n) is 2.90. The van der Waals surface area contributed by atoms with Gasteiger partial charge in [-0.1, -0.05) is 31.4 Å². The van der Waals surface area contributed by atoms with Crippen molar-refractivity contribution in [2.45, 2.75) is 64.2 Å². The maximum Gasteiger partial charge on any atom is 0.335 e. The van der Waals surface area contributed by atoms with Gasteiger partial charge in [-0.05, 0) is 49.3 Å². The van der Waals surface area contributed by atoms with Crippen LogP contribution in [0.2, 0.25) is 0 Å². The molecule has 0 saturated carbocycles. The van der Waals surface area contributed by atoms with E-state index in [2.05, 4.69) is 0 Å². The first kappa shape index (κ1) is 20.7. The molecule has 6 heteroatoms. The first-order valence-corrected chi connectivity index (χ1v) is 8.69. The number of rotatable bonds is 13. The van der Waals surface area contributed by atoms with E-state index in [0.29, 0.717) is 19.3 Å². The van der Waals surface area contributed by atoms with Gasteiger partial charge in [0.1, 0.15) is 0 Å². The Morgan fingerprint density at radius 3 is 1.96 bits per heavy atom. The summed E-state index contributed by atoms with van der Waals surface area (Å²) >= 11 is 0. The number of carbonyl (C=O) groups is 3. The summed E-state index contributed by atoms with van der Waals surface area (Å²) in [6.45, 7) is 0. The quantitative estimate of drug-likeness (QED) is 0.467. The molecule has 0 aliphatic carbocycles. The SMILES string of the molecule is O=C(O)CCCCCCCc1cccc(C(=O)O)c1CCCC(=O)O. The minimum atomic E-state index is -0.985. The average Bonchev–Trinajstić information content (AvgIpc) is 2.54. The molecule has 0 aromatic heterocycles. The van der Waals surface area contributed by atoms with Gasteiger partial charge in [-0.2, -0.15) is 0 Å². The van der Waals surface area contributed by atoms with E-state index < -0.39 is 17.9 Å². The molecule has 138 valence electrons. The summed E-state index contributed by atoms with van der Waals surface area (Å²) in [6, 6.07) is 5.20. The van der Waals surface area contributed by atoms with Crippen LogP contribution in [-0.2, 0) is 22.4 Å². The molecular formula is C19H26O6. The predicted octanol–water partition coefficient (Wildman–Crippen LogP) is 3.76. The van der Waals surface area contributed by atoms with Crippen molar-refractivity contribution in [2.75, 3.05) is 0 Å². The maximum absolute atomic E-state index is 11.4. The third-order valence-corrected chi connectivity index (χ3v) is 4.16. The molecule has 0 amide bonds. The van der Waals surface area contributed by atoms with Crippen LogP contribution < -0.4 is 0 Å². The van der Waals surface area contributed by atoms with Crippen LogP contribution in [0.4, 0.5) is 0 Å². The molecular weight excluding hydrogens is 324 g/mol. The molecule has 0 atom stereocenters. The van der Waals surface area contributed by atoms with Crippen molar-refractivity contribution in [3.05, 3.63) is 34.9 Å². The predicted molar refractivity (Wildman–Crippen MR) is 93.0 cm³/mol. The van der Waals surface area contributed by atoms with Gasteiger partial charge >= 0.3 is 17.9 Å². The van der Waals surface area contributed by atoms with E-state index >= 15 is 0 Å². The lowest BCUT2D eigenvalue weighted by Gasteiger charge is -2.12. The molecule has 0 heterocycles. The number of aromatic carboxylic acids is 1. The molecule has 0 bridgehead atoms. The lowest BCUT2D eigenvalue weighted by Crippen LogP contribution is -2.07. The van der Waals surface area contributed by atoms with Crippen LogP contribution in [0.15, 0.2) is 18.2 Å². The van der Waals surface area contributed by atoms with Crippen molar-refractivity contribution >= 4 is 17.9 Å². The Kier molecular flexibility index (Phi) is 9.29. The first-order valence-electron chi connectivity index (χ1n) is 8.69. The molecule has 0 saturated heterocycles. The van der Waals surface area contributed by atoms with Gasteiger partial charge in [0.05, 0.1) is 5.56 Å². The fraction of sp³-hybridized carbons (Fsp3) is 0.526. The Hall–Kier alpha value is -2.37. The van der Waals surface area contributed by atoms with Crippen LogP contribution in [0.3, 0.4) is 0 Å². The summed E-state index contributed by atoms with van der Waals surface area (Å²) in [6.07, 6.45) is 6.24. The number of carboxylic acid groups (broad SMARTS) is 3. The lowest BCUT2D eigenvalue weighted by molar-refractivity contribution is -0.138. The van der Waals surface area contributed by atoms with Crippen molar-refractivity contribution in [2.24, 2.45) is 0 Å². The van der Waals surface area contributed by atoms with Gasteiger partial charge in [-0.25, -0.2) is 4.79 Å². The number of benzene rings is 1. The Labute approximate surface area is 147 Å². The first-order chi connectivity index (χ1) is 11.9. The smallest absolute Gasteiger partial charge is 0.335 e. The largest absolute Gasteiger partial charge is 0.481 e. The molecule has 0 spiro atoms. The number of carboxylic acids is 3. The summed E-state index contributed by atoms with van der Waals surface area (Å²) in [5.41, 5.74) is 1.96. The number of aryl methyl sites for hydroxylation is 1. The zero-order valence-corrected chi connectivity index (χ0v) is 14.4. The highest BCUT2D eigenvalue weighted by Crippen LogP contribution is 2.21. The molecule has 6 nitrogen and oxygen atoms in total.